The molecule has 1 aliphatic carbocycles. The van der Waals surface area contributed by atoms with Gasteiger partial charge in [-0.05, 0) is 44.2 Å². The number of imidazole rings is 1. The summed E-state index contributed by atoms with van der Waals surface area (Å²) in [5.74, 6) is 1.81. The molecule has 5 heteroatoms. The molecule has 2 aromatic heterocycles. The largest absolute Gasteiger partial charge is 0.352 e. The highest BCUT2D eigenvalue weighted by atomic mass is 16.1. The smallest absolute Gasteiger partial charge is 0.253 e. The van der Waals surface area contributed by atoms with Gasteiger partial charge in [0, 0.05) is 43.8 Å². The van der Waals surface area contributed by atoms with Gasteiger partial charge in [0.05, 0.1) is 5.56 Å². The third kappa shape index (κ3) is 3.35. The van der Waals surface area contributed by atoms with Gasteiger partial charge in [0.2, 0.25) is 0 Å². The number of rotatable bonds is 6. The second-order valence-electron chi connectivity index (χ2n) is 6.07. The van der Waals surface area contributed by atoms with Gasteiger partial charge in [-0.15, -0.1) is 0 Å². The number of amides is 1. The van der Waals surface area contributed by atoms with Gasteiger partial charge in [-0.1, -0.05) is 0 Å². The predicted molar refractivity (Wildman–Crippen MR) is 84.7 cm³/mol. The molecule has 0 unspecified atom stereocenters. The number of aromatic nitrogens is 3. The molecule has 2 aromatic rings. The molecule has 1 aliphatic rings. The summed E-state index contributed by atoms with van der Waals surface area (Å²) in [6.07, 6.45) is 8.64. The zero-order chi connectivity index (χ0) is 15.5. The molecule has 0 radical (unpaired) electrons. The highest BCUT2D eigenvalue weighted by Gasteiger charge is 2.23. The van der Waals surface area contributed by atoms with E-state index in [0.717, 1.165) is 30.3 Å². The molecule has 2 heterocycles. The number of nitrogens with zero attached hydrogens (tertiary/aromatic N) is 3. The van der Waals surface area contributed by atoms with Crippen molar-refractivity contribution in [2.75, 3.05) is 6.54 Å². The second-order valence-corrected chi connectivity index (χ2v) is 6.07. The Hall–Kier alpha value is -2.17. The minimum absolute atomic E-state index is 0.0670. The standard InChI is InChI=1S/C17H22N4O/c1-12-5-7-18-10-15(12)17(22)19-8-6-16-20-9-13(2)21(16)11-14-3-4-14/h5,7,9-10,14H,3-4,6,8,11H2,1-2H3,(H,19,22). The van der Waals surface area contributed by atoms with E-state index in [9.17, 15) is 4.79 Å². The van der Waals surface area contributed by atoms with E-state index in [1.54, 1.807) is 12.4 Å². The van der Waals surface area contributed by atoms with Crippen LogP contribution < -0.4 is 5.32 Å². The molecular formula is C17H22N4O. The monoisotopic (exact) mass is 298 g/mol. The van der Waals surface area contributed by atoms with Crippen LogP contribution in [0.5, 0.6) is 0 Å². The molecule has 5 nitrogen and oxygen atoms in total. The highest BCUT2D eigenvalue weighted by Crippen LogP contribution is 2.31. The Morgan fingerprint density at radius 1 is 1.36 bits per heavy atom. The predicted octanol–water partition coefficient (Wildman–Crippen LogP) is 2.28. The molecule has 3 rings (SSSR count). The number of carbonyl (C=O) groups is 1. The van der Waals surface area contributed by atoms with Crippen molar-refractivity contribution in [1.29, 1.82) is 0 Å². The Bertz CT molecular complexity index is 673. The molecule has 0 atom stereocenters. The lowest BCUT2D eigenvalue weighted by Gasteiger charge is -2.10. The molecule has 0 saturated heterocycles. The van der Waals surface area contributed by atoms with E-state index in [1.807, 2.05) is 19.2 Å². The number of nitrogens with one attached hydrogen (secondary N) is 1. The first-order valence-corrected chi connectivity index (χ1v) is 7.85. The lowest BCUT2D eigenvalue weighted by atomic mass is 10.1. The molecule has 116 valence electrons. The van der Waals surface area contributed by atoms with Crippen LogP contribution in [0.15, 0.2) is 24.7 Å². The quantitative estimate of drug-likeness (QED) is 0.890. The van der Waals surface area contributed by atoms with E-state index in [0.29, 0.717) is 12.1 Å². The van der Waals surface area contributed by atoms with Crippen LogP contribution in [0, 0.1) is 19.8 Å². The average Bonchev–Trinajstić information content (AvgIpc) is 3.26. The normalized spacial score (nSPS) is 14.1. The van der Waals surface area contributed by atoms with Crippen LogP contribution >= 0.6 is 0 Å². The topological polar surface area (TPSA) is 59.8 Å². The fraction of sp³-hybridized carbons (Fsp3) is 0.471. The summed E-state index contributed by atoms with van der Waals surface area (Å²) in [6.45, 7) is 5.67. The van der Waals surface area contributed by atoms with E-state index in [2.05, 4.69) is 26.8 Å². The van der Waals surface area contributed by atoms with Crippen molar-refractivity contribution in [2.24, 2.45) is 5.92 Å². The van der Waals surface area contributed by atoms with E-state index in [-0.39, 0.29) is 5.91 Å². The number of hydrogen-bond acceptors (Lipinski definition) is 3. The minimum Gasteiger partial charge on any atom is -0.352 e. The summed E-state index contributed by atoms with van der Waals surface area (Å²) in [5.41, 5.74) is 2.79. The molecule has 0 spiro atoms. The van der Waals surface area contributed by atoms with Gasteiger partial charge in [0.25, 0.3) is 5.91 Å². The van der Waals surface area contributed by atoms with Gasteiger partial charge < -0.3 is 9.88 Å². The number of carbonyl (C=O) groups excluding carboxylic acids is 1. The number of hydrogen-bond donors (Lipinski definition) is 1. The summed E-state index contributed by atoms with van der Waals surface area (Å²) in [5, 5.41) is 2.96. The van der Waals surface area contributed by atoms with Gasteiger partial charge in [-0.25, -0.2) is 4.98 Å². The van der Waals surface area contributed by atoms with Crippen molar-refractivity contribution in [3.05, 3.63) is 47.3 Å². The third-order valence-corrected chi connectivity index (χ3v) is 4.19. The summed E-state index contributed by atoms with van der Waals surface area (Å²) >= 11 is 0. The molecular weight excluding hydrogens is 276 g/mol. The van der Waals surface area contributed by atoms with Crippen molar-refractivity contribution in [3.63, 3.8) is 0 Å². The van der Waals surface area contributed by atoms with Crippen molar-refractivity contribution in [3.8, 4) is 0 Å². The van der Waals surface area contributed by atoms with E-state index in [1.165, 1.54) is 18.5 Å². The Morgan fingerprint density at radius 3 is 2.91 bits per heavy atom. The zero-order valence-electron chi connectivity index (χ0n) is 13.2. The van der Waals surface area contributed by atoms with Crippen molar-refractivity contribution < 1.29 is 4.79 Å². The lowest BCUT2D eigenvalue weighted by molar-refractivity contribution is 0.0953. The minimum atomic E-state index is -0.0670. The second kappa shape index (κ2) is 6.30. The van der Waals surface area contributed by atoms with Crippen LogP contribution in [-0.4, -0.2) is 27.0 Å². The fourth-order valence-corrected chi connectivity index (χ4v) is 2.60. The Morgan fingerprint density at radius 2 is 2.18 bits per heavy atom. The molecule has 0 aromatic carbocycles. The maximum Gasteiger partial charge on any atom is 0.253 e. The Kier molecular flexibility index (Phi) is 4.22. The summed E-state index contributed by atoms with van der Waals surface area (Å²) in [4.78, 5) is 20.7. The maximum absolute atomic E-state index is 12.2. The Balaban J connectivity index is 1.57. The third-order valence-electron chi connectivity index (χ3n) is 4.19. The summed E-state index contributed by atoms with van der Waals surface area (Å²) < 4.78 is 2.29. The van der Waals surface area contributed by atoms with Gasteiger partial charge in [-0.3, -0.25) is 9.78 Å². The number of pyridine rings is 1. The first-order chi connectivity index (χ1) is 10.6. The molecule has 0 bridgehead atoms. The van der Waals surface area contributed by atoms with Crippen molar-refractivity contribution >= 4 is 5.91 Å². The molecule has 1 amide bonds. The fourth-order valence-electron chi connectivity index (χ4n) is 2.60. The molecule has 0 aliphatic heterocycles. The van der Waals surface area contributed by atoms with Crippen LogP contribution in [0.4, 0.5) is 0 Å². The van der Waals surface area contributed by atoms with Crippen LogP contribution in [0.1, 0.15) is 40.3 Å². The molecule has 1 N–H and O–H groups in total. The molecule has 22 heavy (non-hydrogen) atoms. The maximum atomic E-state index is 12.2. The molecule has 1 saturated carbocycles. The van der Waals surface area contributed by atoms with Gasteiger partial charge in [-0.2, -0.15) is 0 Å². The Labute approximate surface area is 130 Å². The van der Waals surface area contributed by atoms with E-state index in [4.69, 9.17) is 0 Å². The SMILES string of the molecule is Cc1ccncc1C(=O)NCCc1ncc(C)n1CC1CC1. The van der Waals surface area contributed by atoms with Gasteiger partial charge in [0.1, 0.15) is 5.82 Å². The van der Waals surface area contributed by atoms with Gasteiger partial charge >= 0.3 is 0 Å². The highest BCUT2D eigenvalue weighted by molar-refractivity contribution is 5.95. The van der Waals surface area contributed by atoms with Crippen LogP contribution in [0.2, 0.25) is 0 Å². The van der Waals surface area contributed by atoms with Crippen LogP contribution in [-0.2, 0) is 13.0 Å². The summed E-state index contributed by atoms with van der Waals surface area (Å²) in [6, 6.07) is 1.85. The van der Waals surface area contributed by atoms with Gasteiger partial charge in [0.15, 0.2) is 0 Å². The number of aryl methyl sites for hydroxylation is 2. The summed E-state index contributed by atoms with van der Waals surface area (Å²) in [7, 11) is 0. The molecule has 1 fully saturated rings. The van der Waals surface area contributed by atoms with E-state index >= 15 is 0 Å². The first kappa shape index (κ1) is 14.8. The average molecular weight is 298 g/mol. The van der Waals surface area contributed by atoms with Crippen molar-refractivity contribution in [1.82, 2.24) is 19.9 Å². The lowest BCUT2D eigenvalue weighted by Crippen LogP contribution is -2.27. The first-order valence-electron chi connectivity index (χ1n) is 7.85. The van der Waals surface area contributed by atoms with Crippen LogP contribution in [0.3, 0.4) is 0 Å². The van der Waals surface area contributed by atoms with Crippen molar-refractivity contribution in [2.45, 2.75) is 39.7 Å². The zero-order valence-corrected chi connectivity index (χ0v) is 13.2. The van der Waals surface area contributed by atoms with E-state index < -0.39 is 0 Å². The van der Waals surface area contributed by atoms with Crippen LogP contribution in [0.25, 0.3) is 0 Å².